The van der Waals surface area contributed by atoms with Crippen molar-refractivity contribution in [3.05, 3.63) is 53.9 Å². The van der Waals surface area contributed by atoms with Crippen molar-refractivity contribution >= 4 is 16.9 Å². The molecule has 0 radical (unpaired) electrons. The smallest absolute Gasteiger partial charge is 0.198 e. The fourth-order valence-corrected chi connectivity index (χ4v) is 2.95. The Balaban J connectivity index is 1.55. The molecule has 2 aromatic heterocycles. The summed E-state index contributed by atoms with van der Waals surface area (Å²) in [5.41, 5.74) is 0.527. The fourth-order valence-electron chi connectivity index (χ4n) is 2.95. The molecule has 6 nitrogen and oxygen atoms in total. The lowest BCUT2D eigenvalue weighted by atomic mass is 9.92. The second-order valence-electron chi connectivity index (χ2n) is 7.18. The van der Waals surface area contributed by atoms with Crippen LogP contribution in [-0.4, -0.2) is 40.7 Å². The number of rotatable bonds is 5. The van der Waals surface area contributed by atoms with Crippen LogP contribution >= 0.6 is 0 Å². The third kappa shape index (κ3) is 3.55. The molecule has 0 saturated carbocycles. The standard InChI is InChI=1S/C20H19F2N3O3/c1-20(10-26)9-25-17(27-11-20)8-12-6-14(21)18(15(22)7-12)28-16-3-5-24-19-13(16)2-4-23-19/h2-7,26H,8-11H2,1H3,(H,23,24). The number of H-pyrrole nitrogens is 1. The van der Waals surface area contributed by atoms with Gasteiger partial charge in [-0.3, -0.25) is 4.99 Å². The van der Waals surface area contributed by atoms with Gasteiger partial charge < -0.3 is 19.6 Å². The summed E-state index contributed by atoms with van der Waals surface area (Å²) < 4.78 is 40.1. The highest BCUT2D eigenvalue weighted by Crippen LogP contribution is 2.32. The van der Waals surface area contributed by atoms with Gasteiger partial charge in [-0.15, -0.1) is 0 Å². The SMILES string of the molecule is CC1(CO)CN=C(Cc2cc(F)c(Oc3ccnc4[nH]ccc34)c(F)c2)OC1. The number of aromatic amines is 1. The topological polar surface area (TPSA) is 79.7 Å². The van der Waals surface area contributed by atoms with Crippen molar-refractivity contribution in [3.63, 3.8) is 0 Å². The fraction of sp³-hybridized carbons (Fsp3) is 0.300. The lowest BCUT2D eigenvalue weighted by Gasteiger charge is -2.30. The number of benzene rings is 1. The number of aromatic nitrogens is 2. The highest BCUT2D eigenvalue weighted by Gasteiger charge is 2.29. The number of halogens is 2. The molecule has 3 heterocycles. The first-order valence-corrected chi connectivity index (χ1v) is 8.82. The van der Waals surface area contributed by atoms with Gasteiger partial charge in [-0.05, 0) is 29.8 Å². The third-order valence-corrected chi connectivity index (χ3v) is 4.65. The van der Waals surface area contributed by atoms with Crippen molar-refractivity contribution in [2.45, 2.75) is 13.3 Å². The highest BCUT2D eigenvalue weighted by molar-refractivity contribution is 5.82. The van der Waals surface area contributed by atoms with Crippen LogP contribution in [0.15, 0.2) is 41.7 Å². The minimum Gasteiger partial charge on any atom is -0.480 e. The first-order valence-electron chi connectivity index (χ1n) is 8.82. The number of nitrogens with one attached hydrogen (secondary N) is 1. The highest BCUT2D eigenvalue weighted by atomic mass is 19.1. The molecule has 1 atom stereocenters. The van der Waals surface area contributed by atoms with E-state index in [-0.39, 0.29) is 13.0 Å². The van der Waals surface area contributed by atoms with Gasteiger partial charge in [0.25, 0.3) is 0 Å². The molecule has 28 heavy (non-hydrogen) atoms. The van der Waals surface area contributed by atoms with Crippen molar-refractivity contribution in [1.29, 1.82) is 0 Å². The minimum absolute atomic E-state index is 0.0392. The summed E-state index contributed by atoms with van der Waals surface area (Å²) in [6, 6.07) is 5.69. The molecule has 1 aliphatic heterocycles. The average Bonchev–Trinajstić information content (AvgIpc) is 3.16. The minimum atomic E-state index is -0.813. The normalized spacial score (nSPS) is 19.4. The number of aliphatic imine (C=N–C) groups is 1. The molecular formula is C20H19F2N3O3. The Hall–Kier alpha value is -3.00. The first-order chi connectivity index (χ1) is 13.5. The van der Waals surface area contributed by atoms with E-state index in [1.54, 1.807) is 18.3 Å². The zero-order valence-electron chi connectivity index (χ0n) is 15.2. The van der Waals surface area contributed by atoms with Crippen LogP contribution in [0.2, 0.25) is 0 Å². The van der Waals surface area contributed by atoms with Gasteiger partial charge in [0.2, 0.25) is 0 Å². The van der Waals surface area contributed by atoms with E-state index in [0.29, 0.717) is 41.4 Å². The Morgan fingerprint density at radius 1 is 1.29 bits per heavy atom. The van der Waals surface area contributed by atoms with Crippen LogP contribution in [0.5, 0.6) is 11.5 Å². The predicted octanol–water partition coefficient (Wildman–Crippen LogP) is 3.60. The Labute approximate surface area is 159 Å². The average molecular weight is 387 g/mol. The summed E-state index contributed by atoms with van der Waals surface area (Å²) in [4.78, 5) is 11.3. The van der Waals surface area contributed by atoms with Gasteiger partial charge in [0.05, 0.1) is 25.1 Å². The van der Waals surface area contributed by atoms with E-state index in [9.17, 15) is 13.9 Å². The van der Waals surface area contributed by atoms with Crippen molar-refractivity contribution in [3.8, 4) is 11.5 Å². The molecule has 2 N–H and O–H groups in total. The van der Waals surface area contributed by atoms with Crippen LogP contribution < -0.4 is 4.74 Å². The lowest BCUT2D eigenvalue weighted by molar-refractivity contribution is 0.0691. The van der Waals surface area contributed by atoms with Crippen LogP contribution in [0.1, 0.15) is 12.5 Å². The zero-order valence-corrected chi connectivity index (χ0v) is 15.2. The van der Waals surface area contributed by atoms with Gasteiger partial charge in [-0.2, -0.15) is 0 Å². The molecule has 146 valence electrons. The monoisotopic (exact) mass is 387 g/mol. The molecule has 0 saturated heterocycles. The van der Waals surface area contributed by atoms with Gasteiger partial charge in [-0.25, -0.2) is 13.8 Å². The molecule has 0 bridgehead atoms. The van der Waals surface area contributed by atoms with Crippen LogP contribution in [0.25, 0.3) is 11.0 Å². The molecule has 0 amide bonds. The third-order valence-electron chi connectivity index (χ3n) is 4.65. The van der Waals surface area contributed by atoms with E-state index in [1.807, 2.05) is 6.92 Å². The maximum Gasteiger partial charge on any atom is 0.198 e. The lowest BCUT2D eigenvalue weighted by Crippen LogP contribution is -2.36. The largest absolute Gasteiger partial charge is 0.480 e. The Morgan fingerprint density at radius 2 is 2.07 bits per heavy atom. The van der Waals surface area contributed by atoms with Crippen LogP contribution in [0, 0.1) is 17.0 Å². The second-order valence-corrected chi connectivity index (χ2v) is 7.18. The number of nitrogens with zero attached hydrogens (tertiary/aromatic N) is 2. The van der Waals surface area contributed by atoms with E-state index in [4.69, 9.17) is 9.47 Å². The second kappa shape index (κ2) is 7.20. The van der Waals surface area contributed by atoms with Gasteiger partial charge in [0.1, 0.15) is 11.4 Å². The number of aliphatic hydroxyl groups is 1. The Kier molecular flexibility index (Phi) is 4.72. The number of fused-ring (bicyclic) bond motifs is 1. The van der Waals surface area contributed by atoms with E-state index >= 15 is 0 Å². The first kappa shape index (κ1) is 18.4. The van der Waals surface area contributed by atoms with Gasteiger partial charge >= 0.3 is 0 Å². The molecule has 4 rings (SSSR count). The molecule has 8 heteroatoms. The molecule has 0 fully saturated rings. The summed E-state index contributed by atoms with van der Waals surface area (Å²) in [7, 11) is 0. The summed E-state index contributed by atoms with van der Waals surface area (Å²) >= 11 is 0. The van der Waals surface area contributed by atoms with E-state index in [1.165, 1.54) is 18.3 Å². The van der Waals surface area contributed by atoms with Crippen molar-refractivity contribution in [2.24, 2.45) is 10.4 Å². The number of hydrogen-bond donors (Lipinski definition) is 2. The van der Waals surface area contributed by atoms with E-state index < -0.39 is 22.8 Å². The van der Waals surface area contributed by atoms with Crippen molar-refractivity contribution in [2.75, 3.05) is 19.8 Å². The molecular weight excluding hydrogens is 368 g/mol. The Bertz CT molecular complexity index is 1030. The number of hydrogen-bond acceptors (Lipinski definition) is 5. The summed E-state index contributed by atoms with van der Waals surface area (Å²) in [5, 5.41) is 9.96. The van der Waals surface area contributed by atoms with Crippen molar-refractivity contribution in [1.82, 2.24) is 9.97 Å². The maximum absolute atomic E-state index is 14.6. The number of ether oxygens (including phenoxy) is 2. The molecule has 1 aromatic carbocycles. The van der Waals surface area contributed by atoms with Gasteiger partial charge in [0.15, 0.2) is 23.3 Å². The molecule has 1 unspecified atom stereocenters. The summed E-state index contributed by atoms with van der Waals surface area (Å²) in [5.74, 6) is -1.40. The summed E-state index contributed by atoms with van der Waals surface area (Å²) in [6.45, 7) is 2.53. The van der Waals surface area contributed by atoms with Gasteiger partial charge in [-0.1, -0.05) is 6.92 Å². The summed E-state index contributed by atoms with van der Waals surface area (Å²) in [6.07, 6.45) is 3.33. The number of pyridine rings is 1. The molecule has 1 aliphatic rings. The van der Waals surface area contributed by atoms with Crippen LogP contribution in [0.3, 0.4) is 0 Å². The quantitative estimate of drug-likeness (QED) is 0.701. The maximum atomic E-state index is 14.6. The predicted molar refractivity (Wildman–Crippen MR) is 99.7 cm³/mol. The van der Waals surface area contributed by atoms with E-state index in [2.05, 4.69) is 15.0 Å². The van der Waals surface area contributed by atoms with Crippen LogP contribution in [0.4, 0.5) is 8.78 Å². The van der Waals surface area contributed by atoms with Gasteiger partial charge in [0, 0.05) is 24.2 Å². The molecule has 0 spiro atoms. The zero-order chi connectivity index (χ0) is 19.7. The number of aliphatic hydroxyl groups excluding tert-OH is 1. The molecule has 0 aliphatic carbocycles. The Morgan fingerprint density at radius 3 is 2.75 bits per heavy atom. The van der Waals surface area contributed by atoms with Crippen molar-refractivity contribution < 1.29 is 23.4 Å². The molecule has 3 aromatic rings. The van der Waals surface area contributed by atoms with E-state index in [0.717, 1.165) is 0 Å². The van der Waals surface area contributed by atoms with Crippen LogP contribution in [-0.2, 0) is 11.2 Å².